The predicted molar refractivity (Wildman–Crippen MR) is 88.3 cm³/mol. The molecule has 0 atom stereocenters. The summed E-state index contributed by atoms with van der Waals surface area (Å²) < 4.78 is 10.9. The fourth-order valence-electron chi connectivity index (χ4n) is 2.15. The average Bonchev–Trinajstić information content (AvgIpc) is 2.56. The van der Waals surface area contributed by atoms with Gasteiger partial charge in [0.2, 0.25) is 5.91 Å². The first-order valence-electron chi connectivity index (χ1n) is 7.17. The molecule has 6 heteroatoms. The van der Waals surface area contributed by atoms with Crippen LogP contribution in [0.4, 0.5) is 0 Å². The van der Waals surface area contributed by atoms with Crippen LogP contribution in [0.25, 0.3) is 0 Å². The highest BCUT2D eigenvalue weighted by Crippen LogP contribution is 2.30. The molecule has 1 aliphatic rings. The largest absolute Gasteiger partial charge is 0.486 e. The Labute approximate surface area is 138 Å². The number of benzene rings is 2. The monoisotopic (exact) mass is 330 g/mol. The molecule has 5 nitrogen and oxygen atoms in total. The van der Waals surface area contributed by atoms with Crippen molar-refractivity contribution in [2.45, 2.75) is 6.42 Å². The number of nitrogens with one attached hydrogen (secondary N) is 1. The second kappa shape index (κ2) is 7.15. The van der Waals surface area contributed by atoms with E-state index in [9.17, 15) is 4.79 Å². The van der Waals surface area contributed by atoms with E-state index in [1.54, 1.807) is 18.3 Å². The van der Waals surface area contributed by atoms with Gasteiger partial charge in [0.1, 0.15) is 13.2 Å². The Balaban J connectivity index is 1.56. The zero-order chi connectivity index (χ0) is 16.1. The number of halogens is 1. The third-order valence-corrected chi connectivity index (χ3v) is 3.50. The Bertz CT molecular complexity index is 729. The van der Waals surface area contributed by atoms with E-state index in [0.29, 0.717) is 29.7 Å². The third-order valence-electron chi connectivity index (χ3n) is 3.24. The summed E-state index contributed by atoms with van der Waals surface area (Å²) in [6.45, 7) is 1.07. The second-order valence-electron chi connectivity index (χ2n) is 5.00. The highest BCUT2D eigenvalue weighted by Gasteiger charge is 2.12. The van der Waals surface area contributed by atoms with Crippen LogP contribution in [-0.2, 0) is 11.2 Å². The SMILES string of the molecule is O=C(Cc1ccc2c(c1)OCCO2)N/N=C\c1ccc(Cl)cc1. The van der Waals surface area contributed by atoms with E-state index in [2.05, 4.69) is 10.5 Å². The number of ether oxygens (including phenoxy) is 2. The Morgan fingerprint density at radius 1 is 1.13 bits per heavy atom. The summed E-state index contributed by atoms with van der Waals surface area (Å²) in [5.74, 6) is 1.18. The van der Waals surface area contributed by atoms with Crippen molar-refractivity contribution in [3.05, 3.63) is 58.6 Å². The van der Waals surface area contributed by atoms with Crippen LogP contribution in [0.2, 0.25) is 5.02 Å². The first-order chi connectivity index (χ1) is 11.2. The van der Waals surface area contributed by atoms with Crippen LogP contribution in [0.3, 0.4) is 0 Å². The quantitative estimate of drug-likeness (QED) is 0.692. The molecule has 0 aromatic heterocycles. The zero-order valence-corrected chi connectivity index (χ0v) is 13.0. The third kappa shape index (κ3) is 4.23. The van der Waals surface area contributed by atoms with Crippen molar-refractivity contribution >= 4 is 23.7 Å². The van der Waals surface area contributed by atoms with Crippen molar-refractivity contribution in [1.82, 2.24) is 5.43 Å². The summed E-state index contributed by atoms with van der Waals surface area (Å²) >= 11 is 5.80. The molecule has 0 fully saturated rings. The Hall–Kier alpha value is -2.53. The minimum atomic E-state index is -0.202. The summed E-state index contributed by atoms with van der Waals surface area (Å²) in [7, 11) is 0. The molecule has 0 spiro atoms. The number of carbonyl (C=O) groups is 1. The molecule has 0 aliphatic carbocycles. The molecule has 23 heavy (non-hydrogen) atoms. The fourth-order valence-corrected chi connectivity index (χ4v) is 2.28. The molecular weight excluding hydrogens is 316 g/mol. The molecule has 1 N–H and O–H groups in total. The lowest BCUT2D eigenvalue weighted by Gasteiger charge is -2.18. The van der Waals surface area contributed by atoms with Crippen LogP contribution in [0, 0.1) is 0 Å². The molecule has 2 aromatic carbocycles. The molecule has 118 valence electrons. The van der Waals surface area contributed by atoms with E-state index >= 15 is 0 Å². The second-order valence-corrected chi connectivity index (χ2v) is 5.44. The number of hydrogen-bond donors (Lipinski definition) is 1. The van der Waals surface area contributed by atoms with Gasteiger partial charge in [-0.3, -0.25) is 4.79 Å². The summed E-state index contributed by atoms with van der Waals surface area (Å²) in [4.78, 5) is 11.9. The highest BCUT2D eigenvalue weighted by molar-refractivity contribution is 6.30. The van der Waals surface area contributed by atoms with E-state index in [-0.39, 0.29) is 12.3 Å². The maximum absolute atomic E-state index is 11.9. The summed E-state index contributed by atoms with van der Waals surface area (Å²) in [6.07, 6.45) is 1.78. The van der Waals surface area contributed by atoms with Crippen LogP contribution in [0.1, 0.15) is 11.1 Å². The minimum Gasteiger partial charge on any atom is -0.486 e. The lowest BCUT2D eigenvalue weighted by molar-refractivity contribution is -0.120. The van der Waals surface area contributed by atoms with Crippen LogP contribution in [0.15, 0.2) is 47.6 Å². The number of nitrogens with zero attached hydrogens (tertiary/aromatic N) is 1. The molecule has 0 unspecified atom stereocenters. The van der Waals surface area contributed by atoms with Gasteiger partial charge < -0.3 is 9.47 Å². The number of fused-ring (bicyclic) bond motifs is 1. The van der Waals surface area contributed by atoms with Crippen molar-refractivity contribution in [1.29, 1.82) is 0 Å². The predicted octanol–water partition coefficient (Wildman–Crippen LogP) is 2.80. The van der Waals surface area contributed by atoms with Crippen molar-refractivity contribution in [2.24, 2.45) is 5.10 Å². The topological polar surface area (TPSA) is 59.9 Å². The average molecular weight is 331 g/mol. The molecule has 0 saturated heterocycles. The van der Waals surface area contributed by atoms with Crippen molar-refractivity contribution in [2.75, 3.05) is 13.2 Å². The first-order valence-corrected chi connectivity index (χ1v) is 7.54. The molecule has 3 rings (SSSR count). The van der Waals surface area contributed by atoms with Crippen LogP contribution < -0.4 is 14.9 Å². The van der Waals surface area contributed by atoms with Crippen molar-refractivity contribution in [3.8, 4) is 11.5 Å². The van der Waals surface area contributed by atoms with E-state index in [1.165, 1.54) is 0 Å². The van der Waals surface area contributed by atoms with E-state index in [1.807, 2.05) is 30.3 Å². The molecule has 0 radical (unpaired) electrons. The summed E-state index contributed by atoms with van der Waals surface area (Å²) in [5.41, 5.74) is 4.20. The van der Waals surface area contributed by atoms with Gasteiger partial charge in [0.15, 0.2) is 11.5 Å². The lowest BCUT2D eigenvalue weighted by atomic mass is 10.1. The fraction of sp³-hybridized carbons (Fsp3) is 0.176. The maximum atomic E-state index is 11.9. The van der Waals surface area contributed by atoms with Gasteiger partial charge >= 0.3 is 0 Å². The number of amides is 1. The van der Waals surface area contributed by atoms with Gasteiger partial charge in [0.25, 0.3) is 0 Å². The number of hydrazone groups is 1. The number of rotatable bonds is 4. The number of hydrogen-bond acceptors (Lipinski definition) is 4. The van der Waals surface area contributed by atoms with Crippen LogP contribution in [0.5, 0.6) is 11.5 Å². The van der Waals surface area contributed by atoms with Crippen molar-refractivity contribution < 1.29 is 14.3 Å². The summed E-state index contributed by atoms with van der Waals surface area (Å²) in [5, 5.41) is 4.59. The smallest absolute Gasteiger partial charge is 0.244 e. The molecule has 1 heterocycles. The highest BCUT2D eigenvalue weighted by atomic mass is 35.5. The Morgan fingerprint density at radius 2 is 1.87 bits per heavy atom. The van der Waals surface area contributed by atoms with Gasteiger partial charge in [-0.05, 0) is 35.4 Å². The maximum Gasteiger partial charge on any atom is 0.244 e. The van der Waals surface area contributed by atoms with Crippen molar-refractivity contribution in [3.63, 3.8) is 0 Å². The van der Waals surface area contributed by atoms with Crippen LogP contribution >= 0.6 is 11.6 Å². The molecule has 1 amide bonds. The normalized spacial score (nSPS) is 13.1. The van der Waals surface area contributed by atoms with Gasteiger partial charge in [-0.25, -0.2) is 5.43 Å². The molecule has 2 aromatic rings. The first kappa shape index (κ1) is 15.4. The van der Waals surface area contributed by atoms with Gasteiger partial charge in [0, 0.05) is 5.02 Å². The molecule has 1 aliphatic heterocycles. The van der Waals surface area contributed by atoms with E-state index in [4.69, 9.17) is 21.1 Å². The van der Waals surface area contributed by atoms with E-state index in [0.717, 1.165) is 11.1 Å². The summed E-state index contributed by atoms with van der Waals surface area (Å²) in [6, 6.07) is 12.6. The lowest BCUT2D eigenvalue weighted by Crippen LogP contribution is -2.20. The van der Waals surface area contributed by atoms with Gasteiger partial charge in [-0.15, -0.1) is 0 Å². The molecular formula is C17H15ClN2O3. The Morgan fingerprint density at radius 3 is 2.65 bits per heavy atom. The Kier molecular flexibility index (Phi) is 4.78. The number of carbonyl (C=O) groups excluding carboxylic acids is 1. The van der Waals surface area contributed by atoms with Crippen LogP contribution in [-0.4, -0.2) is 25.3 Å². The van der Waals surface area contributed by atoms with Gasteiger partial charge in [0.05, 0.1) is 12.6 Å². The van der Waals surface area contributed by atoms with Gasteiger partial charge in [-0.1, -0.05) is 29.8 Å². The van der Waals surface area contributed by atoms with E-state index < -0.39 is 0 Å². The molecule has 0 bridgehead atoms. The minimum absolute atomic E-state index is 0.202. The van der Waals surface area contributed by atoms with Gasteiger partial charge in [-0.2, -0.15) is 5.10 Å². The zero-order valence-electron chi connectivity index (χ0n) is 12.3. The molecule has 0 saturated carbocycles. The standard InChI is InChI=1S/C17H15ClN2O3/c18-14-4-1-12(2-5-14)11-19-20-17(21)10-13-3-6-15-16(9-13)23-8-7-22-15/h1-6,9,11H,7-8,10H2,(H,20,21)/b19-11-.